The number of hydrogen-bond donors (Lipinski definition) is 2. The monoisotopic (exact) mass is 469 g/mol. The fraction of sp³-hybridized carbons (Fsp3) is 0.714. The Kier molecular flexibility index (Phi) is 8.69. The van der Waals surface area contributed by atoms with Gasteiger partial charge in [-0.25, -0.2) is 18.2 Å². The molecule has 180 valence electrons. The van der Waals surface area contributed by atoms with Crippen LogP contribution in [0.15, 0.2) is 12.3 Å². The van der Waals surface area contributed by atoms with E-state index in [-0.39, 0.29) is 17.0 Å². The molecule has 1 aromatic heterocycles. The molecule has 1 aromatic rings. The number of sulfonamides is 1. The summed E-state index contributed by atoms with van der Waals surface area (Å²) < 4.78 is 31.3. The summed E-state index contributed by atoms with van der Waals surface area (Å²) in [6, 6.07) is 1.81. The van der Waals surface area contributed by atoms with Crippen molar-refractivity contribution in [3.8, 4) is 0 Å². The van der Waals surface area contributed by atoms with Gasteiger partial charge in [-0.1, -0.05) is 0 Å². The Balaban J connectivity index is 1.53. The number of hydrogen-bond acceptors (Lipinski definition) is 8. The molecule has 10 nitrogen and oxygen atoms in total. The molecule has 32 heavy (non-hydrogen) atoms. The van der Waals surface area contributed by atoms with Gasteiger partial charge in [0, 0.05) is 32.2 Å². The lowest BCUT2D eigenvalue weighted by Crippen LogP contribution is -2.45. The minimum Gasteiger partial charge on any atom is -0.478 e. The van der Waals surface area contributed by atoms with Crippen LogP contribution in [-0.2, 0) is 14.8 Å². The van der Waals surface area contributed by atoms with Crippen molar-refractivity contribution in [1.82, 2.24) is 14.8 Å². The summed E-state index contributed by atoms with van der Waals surface area (Å²) in [6.07, 6.45) is 4.37. The Morgan fingerprint density at radius 3 is 2.59 bits per heavy atom. The molecule has 2 aliphatic heterocycles. The molecule has 2 fully saturated rings. The molecule has 0 amide bonds. The molecule has 2 N–H and O–H groups in total. The third-order valence-corrected chi connectivity index (χ3v) is 7.53. The van der Waals surface area contributed by atoms with Crippen molar-refractivity contribution in [1.29, 1.82) is 0 Å². The van der Waals surface area contributed by atoms with Crippen LogP contribution in [0.5, 0.6) is 0 Å². The summed E-state index contributed by atoms with van der Waals surface area (Å²) >= 11 is 0. The lowest BCUT2D eigenvalue weighted by molar-refractivity contribution is 0.0357. The third-order valence-electron chi connectivity index (χ3n) is 6.23. The summed E-state index contributed by atoms with van der Waals surface area (Å²) in [7, 11) is -1.33. The number of anilines is 2. The predicted molar refractivity (Wildman–Crippen MR) is 124 cm³/mol. The third kappa shape index (κ3) is 6.77. The number of piperidine rings is 1. The van der Waals surface area contributed by atoms with Crippen molar-refractivity contribution in [2.45, 2.75) is 32.2 Å². The molecule has 3 heterocycles. The predicted octanol–water partition coefficient (Wildman–Crippen LogP) is 1.16. The average molecular weight is 470 g/mol. The van der Waals surface area contributed by atoms with E-state index in [2.05, 4.69) is 26.6 Å². The van der Waals surface area contributed by atoms with Gasteiger partial charge >= 0.3 is 5.97 Å². The van der Waals surface area contributed by atoms with E-state index < -0.39 is 16.0 Å². The smallest absolute Gasteiger partial charge is 0.339 e. The van der Waals surface area contributed by atoms with Gasteiger partial charge in [0.15, 0.2) is 0 Å². The first-order valence-corrected chi connectivity index (χ1v) is 12.9. The van der Waals surface area contributed by atoms with Crippen molar-refractivity contribution >= 4 is 27.5 Å². The molecule has 0 radical (unpaired) electrons. The molecule has 2 aliphatic rings. The van der Waals surface area contributed by atoms with Crippen LogP contribution in [0.3, 0.4) is 0 Å². The first-order chi connectivity index (χ1) is 15.3. The summed E-state index contributed by atoms with van der Waals surface area (Å²) in [5.74, 6) is -0.817. The van der Waals surface area contributed by atoms with Crippen molar-refractivity contribution < 1.29 is 23.1 Å². The van der Waals surface area contributed by atoms with Crippen LogP contribution in [0.4, 0.5) is 11.5 Å². The first kappa shape index (κ1) is 24.7. The maximum atomic E-state index is 11.8. The molecule has 0 unspecified atom stereocenters. The van der Waals surface area contributed by atoms with Gasteiger partial charge in [0.25, 0.3) is 0 Å². The summed E-state index contributed by atoms with van der Waals surface area (Å²) in [4.78, 5) is 23.0. The van der Waals surface area contributed by atoms with Gasteiger partial charge in [-0.3, -0.25) is 9.62 Å². The Morgan fingerprint density at radius 1 is 1.28 bits per heavy atom. The molecule has 0 spiro atoms. The second-order valence-corrected chi connectivity index (χ2v) is 10.4. The Bertz CT molecular complexity index is 867. The number of carboxylic acids is 1. The number of ether oxygens (including phenoxy) is 1. The van der Waals surface area contributed by atoms with E-state index in [9.17, 15) is 18.3 Å². The Morgan fingerprint density at radius 2 is 1.97 bits per heavy atom. The van der Waals surface area contributed by atoms with Crippen molar-refractivity contribution in [3.05, 3.63) is 17.8 Å². The number of aromatic nitrogens is 1. The highest BCUT2D eigenvalue weighted by atomic mass is 32.2. The fourth-order valence-electron chi connectivity index (χ4n) is 4.24. The number of morpholine rings is 1. The number of carbonyl (C=O) groups is 1. The zero-order chi connectivity index (χ0) is 23.1. The van der Waals surface area contributed by atoms with E-state index in [1.165, 1.54) is 19.2 Å². The lowest BCUT2D eigenvalue weighted by Gasteiger charge is -2.38. The van der Waals surface area contributed by atoms with Crippen LogP contribution in [0, 0.1) is 0 Å². The minimum atomic E-state index is -3.50. The maximum absolute atomic E-state index is 11.8. The molecule has 0 aromatic carbocycles. The van der Waals surface area contributed by atoms with Crippen LogP contribution in [0.2, 0.25) is 0 Å². The zero-order valence-corrected chi connectivity index (χ0v) is 19.8. The van der Waals surface area contributed by atoms with E-state index in [0.29, 0.717) is 24.9 Å². The molecule has 3 rings (SSSR count). The summed E-state index contributed by atoms with van der Waals surface area (Å²) in [5.41, 5.74) is 0.182. The molecule has 0 aliphatic carbocycles. The standard InChI is InChI=1S/C21H35N5O5S/c1-3-32(29,30)23-17-15-19(21(27)28)20(22-16-17)26-9-5-18(6-10-26)24(2)7-4-8-25-11-13-31-14-12-25/h15-16,18,23H,3-14H2,1-2H3,(H,27,28). The van der Waals surface area contributed by atoms with Gasteiger partial charge in [-0.05, 0) is 52.4 Å². The van der Waals surface area contributed by atoms with Gasteiger partial charge in [0.1, 0.15) is 11.4 Å². The highest BCUT2D eigenvalue weighted by Gasteiger charge is 2.26. The molecule has 0 atom stereocenters. The topological polar surface area (TPSA) is 115 Å². The van der Waals surface area contributed by atoms with Crippen molar-refractivity contribution in [3.63, 3.8) is 0 Å². The Labute approximate surface area is 190 Å². The number of rotatable bonds is 10. The SMILES string of the molecule is CCS(=O)(=O)Nc1cnc(N2CCC(N(C)CCCN3CCOCC3)CC2)c(C(=O)O)c1. The molecular weight excluding hydrogens is 434 g/mol. The number of aromatic carboxylic acids is 1. The molecule has 11 heteroatoms. The van der Waals surface area contributed by atoms with E-state index in [0.717, 1.165) is 58.7 Å². The average Bonchev–Trinajstić information content (AvgIpc) is 2.79. The molecule has 0 bridgehead atoms. The van der Waals surface area contributed by atoms with E-state index in [1.807, 2.05) is 4.90 Å². The van der Waals surface area contributed by atoms with Crippen LogP contribution >= 0.6 is 0 Å². The minimum absolute atomic E-state index is 0.0126. The van der Waals surface area contributed by atoms with E-state index >= 15 is 0 Å². The molecule has 0 saturated carbocycles. The highest BCUT2D eigenvalue weighted by molar-refractivity contribution is 7.92. The van der Waals surface area contributed by atoms with Crippen LogP contribution in [0.25, 0.3) is 0 Å². The normalized spacial score (nSPS) is 18.8. The van der Waals surface area contributed by atoms with Crippen LogP contribution < -0.4 is 9.62 Å². The maximum Gasteiger partial charge on any atom is 0.339 e. The van der Waals surface area contributed by atoms with Gasteiger partial charge in [0.05, 0.1) is 30.9 Å². The fourth-order valence-corrected chi connectivity index (χ4v) is 4.86. The number of pyridine rings is 1. The largest absolute Gasteiger partial charge is 0.478 e. The van der Waals surface area contributed by atoms with Gasteiger partial charge in [-0.15, -0.1) is 0 Å². The van der Waals surface area contributed by atoms with Crippen LogP contribution in [-0.4, -0.2) is 106 Å². The highest BCUT2D eigenvalue weighted by Crippen LogP contribution is 2.26. The second kappa shape index (κ2) is 11.3. The number of nitrogens with zero attached hydrogens (tertiary/aromatic N) is 4. The van der Waals surface area contributed by atoms with Gasteiger partial charge < -0.3 is 19.6 Å². The van der Waals surface area contributed by atoms with Gasteiger partial charge in [-0.2, -0.15) is 0 Å². The molecule has 2 saturated heterocycles. The second-order valence-electron chi connectivity index (χ2n) is 8.41. The number of nitrogens with one attached hydrogen (secondary N) is 1. The van der Waals surface area contributed by atoms with Crippen molar-refractivity contribution in [2.75, 3.05) is 74.9 Å². The quantitative estimate of drug-likeness (QED) is 0.521. The van der Waals surface area contributed by atoms with E-state index in [4.69, 9.17) is 4.74 Å². The van der Waals surface area contributed by atoms with Crippen LogP contribution in [0.1, 0.15) is 36.5 Å². The Hall–Kier alpha value is -1.95. The van der Waals surface area contributed by atoms with E-state index in [1.54, 1.807) is 0 Å². The lowest BCUT2D eigenvalue weighted by atomic mass is 10.0. The molecular formula is C21H35N5O5S. The summed E-state index contributed by atoms with van der Waals surface area (Å²) in [6.45, 7) is 8.75. The summed E-state index contributed by atoms with van der Waals surface area (Å²) in [5, 5.41) is 9.66. The zero-order valence-electron chi connectivity index (χ0n) is 19.0. The number of carboxylic acid groups (broad SMARTS) is 1. The van der Waals surface area contributed by atoms with Crippen molar-refractivity contribution in [2.24, 2.45) is 0 Å². The first-order valence-electron chi connectivity index (χ1n) is 11.3. The van der Waals surface area contributed by atoms with Gasteiger partial charge in [0.2, 0.25) is 10.0 Å².